The van der Waals surface area contributed by atoms with Crippen molar-refractivity contribution in [1.29, 1.82) is 0 Å². The van der Waals surface area contributed by atoms with Crippen LogP contribution in [-0.2, 0) is 9.59 Å². The Kier molecular flexibility index (Phi) is 8.85. The molecule has 1 aromatic carbocycles. The van der Waals surface area contributed by atoms with Crippen molar-refractivity contribution in [2.45, 2.75) is 101 Å². The summed E-state index contributed by atoms with van der Waals surface area (Å²) in [5, 5.41) is 6.15. The summed E-state index contributed by atoms with van der Waals surface area (Å²) in [5.41, 5.74) is 0.801. The third kappa shape index (κ3) is 8.15. The van der Waals surface area contributed by atoms with Crippen LogP contribution in [0.1, 0.15) is 85.0 Å². The number of hydrogen-bond donors (Lipinski definition) is 3. The van der Waals surface area contributed by atoms with Crippen molar-refractivity contribution < 1.29 is 9.59 Å². The highest BCUT2D eigenvalue weighted by atomic mass is 32.2. The molecule has 5 nitrogen and oxygen atoms in total. The minimum atomic E-state index is -0.451. The van der Waals surface area contributed by atoms with E-state index in [0.717, 1.165) is 55.5 Å². The van der Waals surface area contributed by atoms with Gasteiger partial charge in [0.15, 0.2) is 0 Å². The molecule has 31 heavy (non-hydrogen) atoms. The summed E-state index contributed by atoms with van der Waals surface area (Å²) in [7, 11) is 0. The average molecular weight is 446 g/mol. The van der Waals surface area contributed by atoms with E-state index in [9.17, 15) is 9.59 Å². The number of benzene rings is 1. The molecule has 0 aromatic heterocycles. The van der Waals surface area contributed by atoms with Gasteiger partial charge in [-0.05, 0) is 82.2 Å². The quantitative estimate of drug-likeness (QED) is 0.451. The predicted octanol–water partition coefficient (Wildman–Crippen LogP) is 5.67. The van der Waals surface area contributed by atoms with Gasteiger partial charge in [-0.2, -0.15) is 0 Å². The minimum Gasteiger partial charge on any atom is -0.344 e. The molecule has 0 aliphatic heterocycles. The molecular formula is C25H39N3O2S. The molecule has 3 rings (SSSR count). The first-order valence-corrected chi connectivity index (χ1v) is 12.8. The summed E-state index contributed by atoms with van der Waals surface area (Å²) in [4.78, 5) is 27.0. The highest BCUT2D eigenvalue weighted by Gasteiger charge is 2.30. The lowest BCUT2D eigenvalue weighted by Crippen LogP contribution is -2.46. The fourth-order valence-corrected chi connectivity index (χ4v) is 5.21. The van der Waals surface area contributed by atoms with Gasteiger partial charge in [0.1, 0.15) is 6.04 Å². The topological polar surface area (TPSA) is 70.2 Å². The van der Waals surface area contributed by atoms with Gasteiger partial charge in [0.2, 0.25) is 11.8 Å². The van der Waals surface area contributed by atoms with Crippen molar-refractivity contribution in [2.24, 2.45) is 11.8 Å². The fraction of sp³-hybridized carbons (Fsp3) is 0.680. The van der Waals surface area contributed by atoms with Gasteiger partial charge in [-0.15, -0.1) is 0 Å². The second kappa shape index (κ2) is 11.4. The molecule has 0 spiro atoms. The predicted molar refractivity (Wildman–Crippen MR) is 129 cm³/mol. The summed E-state index contributed by atoms with van der Waals surface area (Å²) in [5.74, 6) is 0.572. The SMILES string of the molecule is CC(C)(C)NSc1ccc(NC(=O)[C@H](CC2CCCCC2)NC(=O)C2CCCC2)cc1. The van der Waals surface area contributed by atoms with E-state index in [1.54, 1.807) is 11.9 Å². The molecule has 0 heterocycles. The summed E-state index contributed by atoms with van der Waals surface area (Å²) < 4.78 is 3.39. The van der Waals surface area contributed by atoms with E-state index in [0.29, 0.717) is 5.92 Å². The maximum atomic E-state index is 13.1. The van der Waals surface area contributed by atoms with Gasteiger partial charge >= 0.3 is 0 Å². The maximum absolute atomic E-state index is 13.1. The zero-order valence-corrected chi connectivity index (χ0v) is 20.2. The van der Waals surface area contributed by atoms with E-state index in [1.807, 2.05) is 24.3 Å². The van der Waals surface area contributed by atoms with Crippen LogP contribution in [0.4, 0.5) is 5.69 Å². The van der Waals surface area contributed by atoms with E-state index < -0.39 is 6.04 Å². The van der Waals surface area contributed by atoms with Gasteiger partial charge in [-0.25, -0.2) is 0 Å². The molecule has 0 unspecified atom stereocenters. The lowest BCUT2D eigenvalue weighted by Gasteiger charge is -2.27. The first-order chi connectivity index (χ1) is 14.8. The zero-order valence-electron chi connectivity index (χ0n) is 19.3. The van der Waals surface area contributed by atoms with Gasteiger partial charge in [-0.1, -0.05) is 44.9 Å². The third-order valence-electron chi connectivity index (χ3n) is 6.25. The Labute approximate surface area is 192 Å². The molecule has 1 atom stereocenters. The molecule has 2 amide bonds. The van der Waals surface area contributed by atoms with Gasteiger partial charge < -0.3 is 10.6 Å². The van der Waals surface area contributed by atoms with Gasteiger partial charge in [-0.3, -0.25) is 14.3 Å². The minimum absolute atomic E-state index is 0.0292. The summed E-state index contributed by atoms with van der Waals surface area (Å²) in [6, 6.07) is 7.42. The highest BCUT2D eigenvalue weighted by molar-refractivity contribution is 7.97. The Hall–Kier alpha value is -1.53. The highest BCUT2D eigenvalue weighted by Crippen LogP contribution is 2.29. The molecule has 172 valence electrons. The van der Waals surface area contributed by atoms with E-state index in [4.69, 9.17) is 0 Å². The van der Waals surface area contributed by atoms with Crippen LogP contribution in [0.15, 0.2) is 29.2 Å². The molecule has 1 aromatic rings. The van der Waals surface area contributed by atoms with E-state index in [1.165, 1.54) is 19.3 Å². The number of rotatable bonds is 8. The van der Waals surface area contributed by atoms with Crippen molar-refractivity contribution in [3.8, 4) is 0 Å². The molecule has 2 fully saturated rings. The molecule has 0 saturated heterocycles. The van der Waals surface area contributed by atoms with Crippen LogP contribution >= 0.6 is 11.9 Å². The maximum Gasteiger partial charge on any atom is 0.246 e. The first-order valence-electron chi connectivity index (χ1n) is 12.0. The monoisotopic (exact) mass is 445 g/mol. The first kappa shape index (κ1) is 24.1. The summed E-state index contributed by atoms with van der Waals surface area (Å²) in [6.07, 6.45) is 11.0. The van der Waals surface area contributed by atoms with Crippen molar-refractivity contribution in [1.82, 2.24) is 10.0 Å². The Balaban J connectivity index is 1.60. The lowest BCUT2D eigenvalue weighted by molar-refractivity contribution is -0.129. The van der Waals surface area contributed by atoms with Crippen molar-refractivity contribution >= 4 is 29.4 Å². The van der Waals surface area contributed by atoms with Crippen LogP contribution in [0, 0.1) is 11.8 Å². The second-order valence-corrected chi connectivity index (χ2v) is 11.1. The Morgan fingerprint density at radius 3 is 2.19 bits per heavy atom. The van der Waals surface area contributed by atoms with Crippen molar-refractivity contribution in [2.75, 3.05) is 5.32 Å². The Bertz CT molecular complexity index is 717. The average Bonchev–Trinajstić information content (AvgIpc) is 3.28. The molecule has 3 N–H and O–H groups in total. The molecule has 2 aliphatic carbocycles. The van der Waals surface area contributed by atoms with Gasteiger partial charge in [0, 0.05) is 22.0 Å². The van der Waals surface area contributed by atoms with Crippen LogP contribution in [0.25, 0.3) is 0 Å². The molecule has 2 aliphatic rings. The number of amides is 2. The lowest BCUT2D eigenvalue weighted by atomic mass is 9.84. The Morgan fingerprint density at radius 2 is 1.58 bits per heavy atom. The van der Waals surface area contributed by atoms with Gasteiger partial charge in [0.05, 0.1) is 0 Å². The third-order valence-corrected chi connectivity index (χ3v) is 7.47. The standard InChI is InChI=1S/C25H39N3O2S/c1-25(2,3)28-31-21-15-13-20(14-16-21)26-24(30)22(17-18-9-5-4-6-10-18)27-23(29)19-11-7-8-12-19/h13-16,18-19,22,28H,4-12,17H2,1-3H3,(H,26,30)(H,27,29)/t22-/m0/s1. The number of hydrogen-bond acceptors (Lipinski definition) is 4. The van der Waals surface area contributed by atoms with Crippen LogP contribution in [0.3, 0.4) is 0 Å². The summed E-state index contributed by atoms with van der Waals surface area (Å²) in [6.45, 7) is 6.38. The smallest absolute Gasteiger partial charge is 0.246 e. The number of carbonyl (C=O) groups excluding carboxylic acids is 2. The van der Waals surface area contributed by atoms with Crippen LogP contribution in [0.2, 0.25) is 0 Å². The number of nitrogens with one attached hydrogen (secondary N) is 3. The van der Waals surface area contributed by atoms with E-state index >= 15 is 0 Å². The van der Waals surface area contributed by atoms with Crippen molar-refractivity contribution in [3.05, 3.63) is 24.3 Å². The number of carbonyl (C=O) groups is 2. The fourth-order valence-electron chi connectivity index (χ4n) is 4.51. The summed E-state index contributed by atoms with van der Waals surface area (Å²) >= 11 is 1.59. The molecular weight excluding hydrogens is 406 g/mol. The molecule has 2 saturated carbocycles. The Morgan fingerprint density at radius 1 is 0.968 bits per heavy atom. The molecule has 6 heteroatoms. The second-order valence-electron chi connectivity index (χ2n) is 10.3. The van der Waals surface area contributed by atoms with Crippen molar-refractivity contribution in [3.63, 3.8) is 0 Å². The normalized spacial score (nSPS) is 19.2. The van der Waals surface area contributed by atoms with E-state index in [2.05, 4.69) is 36.1 Å². The largest absolute Gasteiger partial charge is 0.344 e. The van der Waals surface area contributed by atoms with Crippen LogP contribution < -0.4 is 15.4 Å². The van der Waals surface area contributed by atoms with Crippen LogP contribution in [-0.4, -0.2) is 23.4 Å². The number of anilines is 1. The zero-order chi connectivity index (χ0) is 22.3. The molecule has 0 radical (unpaired) electrons. The van der Waals surface area contributed by atoms with E-state index in [-0.39, 0.29) is 23.3 Å². The van der Waals surface area contributed by atoms with Crippen LogP contribution in [0.5, 0.6) is 0 Å². The molecule has 0 bridgehead atoms. The van der Waals surface area contributed by atoms with Gasteiger partial charge in [0.25, 0.3) is 0 Å².